The highest BCUT2D eigenvalue weighted by molar-refractivity contribution is 5.28. The van der Waals surface area contributed by atoms with Gasteiger partial charge in [0.2, 0.25) is 0 Å². The molecule has 0 bridgehead atoms. The van der Waals surface area contributed by atoms with E-state index in [0.29, 0.717) is 0 Å². The van der Waals surface area contributed by atoms with Gasteiger partial charge in [-0.15, -0.1) is 0 Å². The molecule has 1 saturated heterocycles. The molecule has 6 nitrogen and oxygen atoms in total. The Balaban J connectivity index is 2.17. The van der Waals surface area contributed by atoms with Gasteiger partial charge in [0.15, 0.2) is 0 Å². The lowest BCUT2D eigenvalue weighted by molar-refractivity contribution is -0.385. The van der Waals surface area contributed by atoms with Gasteiger partial charge in [-0.3, -0.25) is 20.0 Å². The fourth-order valence-electron chi connectivity index (χ4n) is 1.84. The van der Waals surface area contributed by atoms with Gasteiger partial charge in [-0.05, 0) is 13.1 Å². The minimum atomic E-state index is -0.431. The number of nitro groups is 1. The van der Waals surface area contributed by atoms with E-state index in [0.717, 1.165) is 25.3 Å². The highest BCUT2D eigenvalue weighted by Gasteiger charge is 2.21. The fraction of sp³-hybridized carbons (Fsp3) is 0.500. The van der Waals surface area contributed by atoms with Crippen molar-refractivity contribution in [3.8, 4) is 0 Å². The summed E-state index contributed by atoms with van der Waals surface area (Å²) in [6, 6.07) is 3.44. The third kappa shape index (κ3) is 2.17. The number of rotatable bonds is 2. The molecule has 0 aliphatic carbocycles. The first-order valence-electron chi connectivity index (χ1n) is 5.20. The molecule has 1 aliphatic heterocycles. The lowest BCUT2D eigenvalue weighted by Gasteiger charge is -2.32. The van der Waals surface area contributed by atoms with Crippen molar-refractivity contribution in [1.29, 1.82) is 0 Å². The van der Waals surface area contributed by atoms with Crippen LogP contribution in [0.25, 0.3) is 0 Å². The monoisotopic (exact) mass is 222 g/mol. The zero-order valence-corrected chi connectivity index (χ0v) is 9.09. The molecule has 86 valence electrons. The molecular formula is C10H14N4O2. The smallest absolute Gasteiger partial charge is 0.287 e. The van der Waals surface area contributed by atoms with Gasteiger partial charge in [0.1, 0.15) is 6.20 Å². The van der Waals surface area contributed by atoms with E-state index in [-0.39, 0.29) is 11.7 Å². The van der Waals surface area contributed by atoms with Crippen molar-refractivity contribution in [3.05, 3.63) is 34.1 Å². The predicted molar refractivity (Wildman–Crippen MR) is 59.1 cm³/mol. The minimum Gasteiger partial charge on any atom is -0.313 e. The van der Waals surface area contributed by atoms with Crippen molar-refractivity contribution < 1.29 is 4.92 Å². The number of nitrogens with one attached hydrogen (secondary N) is 1. The van der Waals surface area contributed by atoms with Crippen LogP contribution in [0.3, 0.4) is 0 Å². The molecule has 2 rings (SSSR count). The Bertz CT molecular complexity index is 379. The van der Waals surface area contributed by atoms with Crippen LogP contribution in [-0.2, 0) is 0 Å². The van der Waals surface area contributed by atoms with Gasteiger partial charge in [0.05, 0.1) is 16.7 Å². The van der Waals surface area contributed by atoms with Crippen LogP contribution in [0.5, 0.6) is 0 Å². The predicted octanol–water partition coefficient (Wildman–Crippen LogP) is 0.566. The Morgan fingerprint density at radius 2 is 2.44 bits per heavy atom. The molecular weight excluding hydrogens is 208 g/mol. The summed E-state index contributed by atoms with van der Waals surface area (Å²) in [5.74, 6) is 0. The van der Waals surface area contributed by atoms with E-state index in [1.54, 1.807) is 6.07 Å². The molecule has 0 radical (unpaired) electrons. The lowest BCUT2D eigenvalue weighted by atomic mass is 10.1. The van der Waals surface area contributed by atoms with Gasteiger partial charge < -0.3 is 5.32 Å². The molecule has 2 heterocycles. The van der Waals surface area contributed by atoms with Crippen LogP contribution in [0, 0.1) is 10.1 Å². The summed E-state index contributed by atoms with van der Waals surface area (Å²) in [4.78, 5) is 16.4. The second-order valence-electron chi connectivity index (χ2n) is 3.90. The summed E-state index contributed by atoms with van der Waals surface area (Å²) in [6.07, 6.45) is 1.32. The van der Waals surface area contributed by atoms with Gasteiger partial charge in [-0.1, -0.05) is 0 Å². The highest BCUT2D eigenvalue weighted by Crippen LogP contribution is 2.20. The molecule has 1 aliphatic rings. The number of hydrogen-bond donors (Lipinski definition) is 1. The number of nitrogens with zero attached hydrogens (tertiary/aromatic N) is 3. The van der Waals surface area contributed by atoms with Crippen LogP contribution in [0.4, 0.5) is 5.69 Å². The standard InChI is InChI=1S/C10H14N4O2/c1-13-5-4-11-7-10(13)9-3-2-8(6-12-9)14(15)16/h2-3,6,10-11H,4-5,7H2,1H3. The SMILES string of the molecule is CN1CCNCC1c1ccc([N+](=O)[O-])cn1. The number of aromatic nitrogens is 1. The molecule has 16 heavy (non-hydrogen) atoms. The van der Waals surface area contributed by atoms with Crippen LogP contribution in [-0.4, -0.2) is 41.5 Å². The van der Waals surface area contributed by atoms with Gasteiger partial charge in [0, 0.05) is 25.7 Å². The number of pyridine rings is 1. The zero-order chi connectivity index (χ0) is 11.5. The summed E-state index contributed by atoms with van der Waals surface area (Å²) >= 11 is 0. The average molecular weight is 222 g/mol. The van der Waals surface area contributed by atoms with E-state index < -0.39 is 4.92 Å². The first-order chi connectivity index (χ1) is 7.68. The molecule has 0 saturated carbocycles. The third-order valence-electron chi connectivity index (χ3n) is 2.83. The van der Waals surface area contributed by atoms with E-state index in [2.05, 4.69) is 15.2 Å². The Morgan fingerprint density at radius 3 is 3.00 bits per heavy atom. The van der Waals surface area contributed by atoms with Crippen molar-refractivity contribution in [1.82, 2.24) is 15.2 Å². The van der Waals surface area contributed by atoms with Crippen LogP contribution in [0.15, 0.2) is 18.3 Å². The number of likely N-dealkylation sites (N-methyl/N-ethyl adjacent to an activating group) is 1. The number of hydrogen-bond acceptors (Lipinski definition) is 5. The molecule has 0 spiro atoms. The van der Waals surface area contributed by atoms with Gasteiger partial charge in [-0.2, -0.15) is 0 Å². The van der Waals surface area contributed by atoms with Crippen molar-refractivity contribution >= 4 is 5.69 Å². The zero-order valence-electron chi connectivity index (χ0n) is 9.09. The summed E-state index contributed by atoms with van der Waals surface area (Å²) in [5, 5.41) is 13.8. The Kier molecular flexibility index (Phi) is 3.12. The summed E-state index contributed by atoms with van der Waals surface area (Å²) < 4.78 is 0. The molecule has 1 atom stereocenters. The van der Waals surface area contributed by atoms with Gasteiger partial charge in [-0.25, -0.2) is 0 Å². The maximum Gasteiger partial charge on any atom is 0.287 e. The van der Waals surface area contributed by atoms with Crippen molar-refractivity contribution in [2.45, 2.75) is 6.04 Å². The molecule has 1 N–H and O–H groups in total. The molecule has 1 unspecified atom stereocenters. The summed E-state index contributed by atoms with van der Waals surface area (Å²) in [6.45, 7) is 2.77. The van der Waals surface area contributed by atoms with E-state index in [1.807, 2.05) is 7.05 Å². The molecule has 1 aromatic heterocycles. The van der Waals surface area contributed by atoms with Crippen LogP contribution in [0.2, 0.25) is 0 Å². The van der Waals surface area contributed by atoms with E-state index in [1.165, 1.54) is 12.3 Å². The van der Waals surface area contributed by atoms with E-state index >= 15 is 0 Å². The van der Waals surface area contributed by atoms with Crippen LogP contribution < -0.4 is 5.32 Å². The van der Waals surface area contributed by atoms with Crippen molar-refractivity contribution in [3.63, 3.8) is 0 Å². The summed E-state index contributed by atoms with van der Waals surface area (Å²) in [5.41, 5.74) is 0.912. The molecule has 0 amide bonds. The largest absolute Gasteiger partial charge is 0.313 e. The van der Waals surface area contributed by atoms with Crippen molar-refractivity contribution in [2.24, 2.45) is 0 Å². The van der Waals surface area contributed by atoms with E-state index in [9.17, 15) is 10.1 Å². The molecule has 1 fully saturated rings. The first-order valence-corrected chi connectivity index (χ1v) is 5.20. The maximum absolute atomic E-state index is 10.5. The normalized spacial score (nSPS) is 21.9. The maximum atomic E-state index is 10.5. The van der Waals surface area contributed by atoms with Gasteiger partial charge in [0.25, 0.3) is 5.69 Å². The molecule has 6 heteroatoms. The van der Waals surface area contributed by atoms with Crippen molar-refractivity contribution in [2.75, 3.05) is 26.7 Å². The van der Waals surface area contributed by atoms with Crippen LogP contribution in [0.1, 0.15) is 11.7 Å². The minimum absolute atomic E-state index is 0.0372. The Hall–Kier alpha value is -1.53. The van der Waals surface area contributed by atoms with Crippen LogP contribution >= 0.6 is 0 Å². The van der Waals surface area contributed by atoms with E-state index in [4.69, 9.17) is 0 Å². The summed E-state index contributed by atoms with van der Waals surface area (Å²) in [7, 11) is 2.04. The lowest BCUT2D eigenvalue weighted by Crippen LogP contribution is -2.44. The van der Waals surface area contributed by atoms with Gasteiger partial charge >= 0.3 is 0 Å². The highest BCUT2D eigenvalue weighted by atomic mass is 16.6. The Morgan fingerprint density at radius 1 is 1.62 bits per heavy atom. The average Bonchev–Trinajstić information content (AvgIpc) is 2.30. The second-order valence-corrected chi connectivity index (χ2v) is 3.90. The fourth-order valence-corrected chi connectivity index (χ4v) is 1.84. The third-order valence-corrected chi connectivity index (χ3v) is 2.83. The quantitative estimate of drug-likeness (QED) is 0.585. The first kappa shape index (κ1) is 11.0. The topological polar surface area (TPSA) is 71.3 Å². The number of piperazine rings is 1. The second kappa shape index (κ2) is 4.54. The Labute approximate surface area is 93.4 Å². The molecule has 0 aromatic carbocycles. The molecule has 1 aromatic rings.